The number of aromatic amines is 1. The van der Waals surface area contributed by atoms with Gasteiger partial charge in [-0.05, 0) is 19.1 Å². The van der Waals surface area contributed by atoms with Gasteiger partial charge >= 0.3 is 5.56 Å². The van der Waals surface area contributed by atoms with E-state index in [0.29, 0.717) is 5.75 Å². The molecule has 0 aromatic carbocycles. The van der Waals surface area contributed by atoms with Crippen LogP contribution in [0.2, 0.25) is 0 Å². The predicted molar refractivity (Wildman–Crippen MR) is 53.9 cm³/mol. The molecule has 0 saturated carbocycles. The van der Waals surface area contributed by atoms with Crippen LogP contribution >= 0.6 is 0 Å². The first-order chi connectivity index (χ1) is 7.25. The maximum atomic E-state index is 11.2. The van der Waals surface area contributed by atoms with Gasteiger partial charge in [0, 0.05) is 18.1 Å². The molecule has 1 N–H and O–H groups in total. The molecule has 5 heteroatoms. The molecule has 0 amide bonds. The lowest BCUT2D eigenvalue weighted by Crippen LogP contribution is -2.09. The largest absolute Gasteiger partial charge is 0.433 e. The number of H-pyrrole nitrogens is 1. The van der Waals surface area contributed by atoms with Crippen LogP contribution < -0.4 is 10.3 Å². The first-order valence-electron chi connectivity index (χ1n) is 4.40. The molecule has 0 saturated heterocycles. The number of nitrogens with one attached hydrogen (secondary N) is 1. The summed E-state index contributed by atoms with van der Waals surface area (Å²) in [5.41, 5.74) is 0.523. The molecule has 0 unspecified atom stereocenters. The van der Waals surface area contributed by atoms with Gasteiger partial charge in [-0.15, -0.1) is 0 Å². The van der Waals surface area contributed by atoms with E-state index < -0.39 is 0 Å². The highest BCUT2D eigenvalue weighted by Gasteiger charge is 2.02. The van der Waals surface area contributed by atoms with Gasteiger partial charge in [-0.1, -0.05) is 0 Å². The van der Waals surface area contributed by atoms with Crippen molar-refractivity contribution in [3.05, 3.63) is 46.8 Å². The molecule has 2 aromatic heterocycles. The summed E-state index contributed by atoms with van der Waals surface area (Å²) in [7, 11) is 0. The molecular formula is C10H9N3O2. The second-order valence-corrected chi connectivity index (χ2v) is 2.96. The standard InChI is InChI=1S/C10H9N3O2/c1-7-2-3-8(6-13-7)15-10-9(14)11-4-5-12-10/h2-6H,1H3,(H,11,14). The third-order valence-corrected chi connectivity index (χ3v) is 1.77. The van der Waals surface area contributed by atoms with Crippen LogP contribution in [-0.2, 0) is 0 Å². The molecule has 0 atom stereocenters. The van der Waals surface area contributed by atoms with Crippen LogP contribution in [0.25, 0.3) is 0 Å². The first kappa shape index (κ1) is 9.39. The normalized spacial score (nSPS) is 9.93. The van der Waals surface area contributed by atoms with Crippen molar-refractivity contribution in [3.8, 4) is 11.6 Å². The van der Waals surface area contributed by atoms with Gasteiger partial charge in [0.25, 0.3) is 5.88 Å². The summed E-state index contributed by atoms with van der Waals surface area (Å²) in [5.74, 6) is 0.507. The minimum Gasteiger partial charge on any atom is -0.433 e. The number of aryl methyl sites for hydroxylation is 1. The minimum absolute atomic E-state index is 0.0168. The van der Waals surface area contributed by atoms with Gasteiger partial charge in [-0.3, -0.25) is 9.78 Å². The third-order valence-electron chi connectivity index (χ3n) is 1.77. The SMILES string of the molecule is Cc1ccc(Oc2ncc[nH]c2=O)cn1. The summed E-state index contributed by atoms with van der Waals surface area (Å²) >= 11 is 0. The number of nitrogens with zero attached hydrogens (tertiary/aromatic N) is 2. The fraction of sp³-hybridized carbons (Fsp3) is 0.100. The van der Waals surface area contributed by atoms with Crippen molar-refractivity contribution < 1.29 is 4.74 Å². The number of hydrogen-bond acceptors (Lipinski definition) is 4. The predicted octanol–water partition coefficient (Wildman–Crippen LogP) is 1.27. The van der Waals surface area contributed by atoms with E-state index in [0.717, 1.165) is 5.69 Å². The van der Waals surface area contributed by atoms with Crippen LogP contribution in [0.15, 0.2) is 35.5 Å². The molecule has 0 aliphatic carbocycles. The monoisotopic (exact) mass is 203 g/mol. The molecule has 2 heterocycles. The smallest absolute Gasteiger partial charge is 0.311 e. The van der Waals surface area contributed by atoms with Crippen molar-refractivity contribution in [2.45, 2.75) is 6.92 Å². The fourth-order valence-corrected chi connectivity index (χ4v) is 1.04. The zero-order valence-electron chi connectivity index (χ0n) is 8.10. The molecule has 2 aromatic rings. The Morgan fingerprint density at radius 2 is 2.20 bits per heavy atom. The summed E-state index contributed by atoms with van der Waals surface area (Å²) in [6.07, 6.45) is 4.45. The highest BCUT2D eigenvalue weighted by molar-refractivity contribution is 5.23. The van der Waals surface area contributed by atoms with E-state index in [-0.39, 0.29) is 11.4 Å². The second kappa shape index (κ2) is 3.91. The molecule has 0 radical (unpaired) electrons. The molecule has 5 nitrogen and oxygen atoms in total. The van der Waals surface area contributed by atoms with Crippen LogP contribution in [-0.4, -0.2) is 15.0 Å². The Balaban J connectivity index is 2.26. The van der Waals surface area contributed by atoms with Gasteiger partial charge in [0.1, 0.15) is 5.75 Å². The van der Waals surface area contributed by atoms with E-state index in [9.17, 15) is 4.79 Å². The maximum absolute atomic E-state index is 11.2. The molecule has 0 aliphatic heterocycles. The molecular weight excluding hydrogens is 194 g/mol. The summed E-state index contributed by atoms with van der Waals surface area (Å²) in [5, 5.41) is 0. The van der Waals surface area contributed by atoms with Crippen LogP contribution in [0.3, 0.4) is 0 Å². The van der Waals surface area contributed by atoms with E-state index in [1.54, 1.807) is 18.3 Å². The molecule has 0 bridgehead atoms. The number of aromatic nitrogens is 3. The lowest BCUT2D eigenvalue weighted by atomic mass is 10.4. The highest BCUT2D eigenvalue weighted by Crippen LogP contribution is 2.14. The zero-order valence-corrected chi connectivity index (χ0v) is 8.10. The molecule has 0 spiro atoms. The van der Waals surface area contributed by atoms with E-state index in [4.69, 9.17) is 4.74 Å². The Bertz CT molecular complexity index is 505. The molecule has 0 fully saturated rings. The fourth-order valence-electron chi connectivity index (χ4n) is 1.04. The third kappa shape index (κ3) is 2.19. The Hall–Kier alpha value is -2.17. The molecule has 2 rings (SSSR count). The van der Waals surface area contributed by atoms with Gasteiger partial charge in [0.05, 0.1) is 6.20 Å². The van der Waals surface area contributed by atoms with E-state index in [1.165, 1.54) is 12.4 Å². The number of rotatable bonds is 2. The van der Waals surface area contributed by atoms with Crippen molar-refractivity contribution in [1.29, 1.82) is 0 Å². The Morgan fingerprint density at radius 3 is 2.87 bits per heavy atom. The van der Waals surface area contributed by atoms with Crippen LogP contribution in [0.1, 0.15) is 5.69 Å². The van der Waals surface area contributed by atoms with Crippen molar-refractivity contribution in [2.24, 2.45) is 0 Å². The Morgan fingerprint density at radius 1 is 1.33 bits per heavy atom. The lowest BCUT2D eigenvalue weighted by molar-refractivity contribution is 0.452. The molecule has 0 aliphatic rings. The average Bonchev–Trinajstić information content (AvgIpc) is 2.25. The maximum Gasteiger partial charge on any atom is 0.311 e. The van der Waals surface area contributed by atoms with Crippen molar-refractivity contribution in [2.75, 3.05) is 0 Å². The quantitative estimate of drug-likeness (QED) is 0.797. The summed E-state index contributed by atoms with van der Waals surface area (Å²) in [6, 6.07) is 3.53. The first-order valence-corrected chi connectivity index (χ1v) is 4.40. The van der Waals surface area contributed by atoms with Gasteiger partial charge in [0.15, 0.2) is 0 Å². The number of pyridine rings is 1. The van der Waals surface area contributed by atoms with Crippen LogP contribution in [0, 0.1) is 6.92 Å². The van der Waals surface area contributed by atoms with E-state index >= 15 is 0 Å². The molecule has 15 heavy (non-hydrogen) atoms. The van der Waals surface area contributed by atoms with Gasteiger partial charge < -0.3 is 9.72 Å². The van der Waals surface area contributed by atoms with Gasteiger partial charge in [-0.25, -0.2) is 4.98 Å². The van der Waals surface area contributed by atoms with E-state index in [1.807, 2.05) is 6.92 Å². The molecule has 76 valence electrons. The number of ether oxygens (including phenoxy) is 1. The van der Waals surface area contributed by atoms with E-state index in [2.05, 4.69) is 15.0 Å². The van der Waals surface area contributed by atoms with Gasteiger partial charge in [0.2, 0.25) is 0 Å². The van der Waals surface area contributed by atoms with Crippen molar-refractivity contribution >= 4 is 0 Å². The van der Waals surface area contributed by atoms with Crippen molar-refractivity contribution in [1.82, 2.24) is 15.0 Å². The highest BCUT2D eigenvalue weighted by atomic mass is 16.5. The Labute approximate surface area is 85.8 Å². The average molecular weight is 203 g/mol. The summed E-state index contributed by atoms with van der Waals surface area (Å²) in [6.45, 7) is 1.87. The summed E-state index contributed by atoms with van der Waals surface area (Å²) in [4.78, 5) is 21.5. The van der Waals surface area contributed by atoms with Crippen LogP contribution in [0.5, 0.6) is 11.6 Å². The zero-order chi connectivity index (χ0) is 10.7. The topological polar surface area (TPSA) is 67.9 Å². The van der Waals surface area contributed by atoms with Gasteiger partial charge in [-0.2, -0.15) is 0 Å². The number of hydrogen-bond donors (Lipinski definition) is 1. The lowest BCUT2D eigenvalue weighted by Gasteiger charge is -2.02. The summed E-state index contributed by atoms with van der Waals surface area (Å²) < 4.78 is 5.25. The van der Waals surface area contributed by atoms with Crippen molar-refractivity contribution in [3.63, 3.8) is 0 Å². The minimum atomic E-state index is -0.363. The second-order valence-electron chi connectivity index (χ2n) is 2.96. The Kier molecular flexibility index (Phi) is 2.45. The van der Waals surface area contributed by atoms with Crippen LogP contribution in [0.4, 0.5) is 0 Å².